The summed E-state index contributed by atoms with van der Waals surface area (Å²) in [6.07, 6.45) is 8.42. The number of rotatable bonds is 9. The van der Waals surface area contributed by atoms with Gasteiger partial charge in [0.15, 0.2) is 0 Å². The predicted molar refractivity (Wildman–Crippen MR) is 146 cm³/mol. The number of pyridine rings is 2. The molecule has 6 heteroatoms. The lowest BCUT2D eigenvalue weighted by molar-refractivity contribution is 0.0953. The van der Waals surface area contributed by atoms with Crippen LogP contribution in [0, 0.1) is 3.70 Å². The van der Waals surface area contributed by atoms with E-state index in [9.17, 15) is 4.79 Å². The molecule has 1 amide bonds. The van der Waals surface area contributed by atoms with Gasteiger partial charge in [-0.2, -0.15) is 0 Å². The fraction of sp³-hybridized carbons (Fsp3) is 0.148. The molecule has 0 fully saturated rings. The Hall–Kier alpha value is -2.63. The van der Waals surface area contributed by atoms with Gasteiger partial charge in [0.2, 0.25) is 0 Å². The minimum atomic E-state index is -1.87. The molecule has 0 spiro atoms. The highest BCUT2D eigenvalue weighted by molar-refractivity contribution is 14.1. The van der Waals surface area contributed by atoms with Crippen molar-refractivity contribution in [1.82, 2.24) is 15.3 Å². The van der Waals surface area contributed by atoms with Gasteiger partial charge < -0.3 is 5.32 Å². The lowest BCUT2D eigenvalue weighted by Gasteiger charge is -2.27. The molecule has 0 aliphatic heterocycles. The topological polar surface area (TPSA) is 54.9 Å². The molecule has 0 atom stereocenters. The molecule has 2 aromatic carbocycles. The van der Waals surface area contributed by atoms with Crippen molar-refractivity contribution >= 4 is 51.7 Å². The number of nitrogens with one attached hydrogen (secondary N) is 1. The Kier molecular flexibility index (Phi) is 8.19. The Bertz CT molecular complexity index is 1060. The lowest BCUT2D eigenvalue weighted by atomic mass is 10.2. The number of nitrogens with zero attached hydrogens (tertiary/aromatic N) is 2. The van der Waals surface area contributed by atoms with E-state index in [2.05, 4.69) is 105 Å². The van der Waals surface area contributed by atoms with Crippen LogP contribution in [0.3, 0.4) is 0 Å². The normalized spacial score (nSPS) is 11.2. The van der Waals surface area contributed by atoms with Crippen LogP contribution in [-0.2, 0) is 0 Å². The van der Waals surface area contributed by atoms with Crippen LogP contribution in [0.4, 0.5) is 0 Å². The van der Waals surface area contributed by atoms with E-state index in [-0.39, 0.29) is 5.91 Å². The number of hydrogen-bond donors (Lipinski definition) is 1. The summed E-state index contributed by atoms with van der Waals surface area (Å²) in [6.45, 7) is 0.640. The van der Waals surface area contributed by atoms with Crippen molar-refractivity contribution in [2.75, 3.05) is 12.7 Å². The Labute approximate surface area is 209 Å². The first-order valence-corrected chi connectivity index (χ1v) is 14.0. The quantitative estimate of drug-likeness (QED) is 0.139. The summed E-state index contributed by atoms with van der Waals surface area (Å²) in [5.41, 5.74) is 0.598. The van der Waals surface area contributed by atoms with Crippen LogP contribution in [0.2, 0.25) is 0 Å². The molecule has 1 N–H and O–H groups in total. The second-order valence-corrected chi connectivity index (χ2v) is 12.5. The minimum absolute atomic E-state index is 0.0710. The van der Waals surface area contributed by atoms with E-state index in [1.54, 1.807) is 6.20 Å². The van der Waals surface area contributed by atoms with Gasteiger partial charge in [-0.3, -0.25) is 9.78 Å². The van der Waals surface area contributed by atoms with Crippen molar-refractivity contribution in [2.24, 2.45) is 0 Å². The molecular weight excluding hydrogens is 544 g/mol. The molecule has 0 bridgehead atoms. The highest BCUT2D eigenvalue weighted by atomic mass is 131. The van der Waals surface area contributed by atoms with Crippen LogP contribution in [-0.4, -0.2) is 28.6 Å². The van der Waals surface area contributed by atoms with E-state index < -0.39 is 7.26 Å². The molecule has 0 unspecified atom stereocenters. The fourth-order valence-corrected chi connectivity index (χ4v) is 8.72. The summed E-state index contributed by atoms with van der Waals surface area (Å²) in [6, 6.07) is 29.5. The first-order chi connectivity index (χ1) is 16.2. The average Bonchev–Trinajstić information content (AvgIpc) is 2.88. The van der Waals surface area contributed by atoms with Crippen LogP contribution in [0.15, 0.2) is 104 Å². The predicted octanol–water partition coefficient (Wildman–Crippen LogP) is 4.59. The second-order valence-electron chi connectivity index (χ2n) is 7.75. The van der Waals surface area contributed by atoms with Gasteiger partial charge in [-0.15, -0.1) is 0 Å². The Morgan fingerprint density at radius 3 is 2.03 bits per heavy atom. The Balaban J connectivity index is 1.53. The maximum absolute atomic E-state index is 12.4. The van der Waals surface area contributed by atoms with Crippen LogP contribution in [0.5, 0.6) is 0 Å². The van der Waals surface area contributed by atoms with E-state index >= 15 is 0 Å². The third-order valence-electron chi connectivity index (χ3n) is 5.68. The first-order valence-electron chi connectivity index (χ1n) is 11.0. The smallest absolute Gasteiger partial charge is 0.252 e. The third-order valence-corrected chi connectivity index (χ3v) is 10.8. The molecule has 4 nitrogen and oxygen atoms in total. The standard InChI is InChI=1S/C27H25IN3OP/c28-26-16-15-22(20-31-26)27(32)30-18-7-8-19-33(23-10-3-1-4-11-23,24-12-5-2-6-13-24)25-14-9-17-29-21-25/h1-6,9-17,20-21H,7-8,18-19H2/p+1/i28+4. The fourth-order valence-electron chi connectivity index (χ4n) is 4.07. The maximum atomic E-state index is 12.4. The van der Waals surface area contributed by atoms with Gasteiger partial charge in [0, 0.05) is 18.9 Å². The summed E-state index contributed by atoms with van der Waals surface area (Å²) in [5, 5.41) is 7.05. The largest absolute Gasteiger partial charge is 0.352 e. The number of amides is 1. The number of aromatic nitrogens is 2. The summed E-state index contributed by atoms with van der Waals surface area (Å²) >= 11 is 2.14. The lowest BCUT2D eigenvalue weighted by Crippen LogP contribution is -2.34. The molecular formula is C27H26IN3OP+. The second kappa shape index (κ2) is 11.5. The average molecular weight is 570 g/mol. The van der Waals surface area contributed by atoms with Crippen molar-refractivity contribution in [3.8, 4) is 0 Å². The molecule has 0 aliphatic carbocycles. The van der Waals surface area contributed by atoms with Crippen LogP contribution in [0.1, 0.15) is 23.2 Å². The van der Waals surface area contributed by atoms with Crippen molar-refractivity contribution < 1.29 is 4.79 Å². The van der Waals surface area contributed by atoms with Crippen molar-refractivity contribution in [3.63, 3.8) is 0 Å². The molecule has 0 saturated heterocycles. The van der Waals surface area contributed by atoms with Gasteiger partial charge in [0.1, 0.15) is 26.9 Å². The van der Waals surface area contributed by atoms with E-state index in [1.807, 2.05) is 30.6 Å². The summed E-state index contributed by atoms with van der Waals surface area (Å²) in [5.74, 6) is -0.0710. The Morgan fingerprint density at radius 2 is 1.45 bits per heavy atom. The highest BCUT2D eigenvalue weighted by Crippen LogP contribution is 2.55. The van der Waals surface area contributed by atoms with Crippen molar-refractivity contribution in [2.45, 2.75) is 12.8 Å². The molecule has 2 heterocycles. The zero-order valence-corrected chi connectivity index (χ0v) is 21.3. The van der Waals surface area contributed by atoms with Gasteiger partial charge in [-0.05, 0) is 84.0 Å². The molecule has 33 heavy (non-hydrogen) atoms. The highest BCUT2D eigenvalue weighted by Gasteiger charge is 2.44. The van der Waals surface area contributed by atoms with Gasteiger partial charge in [-0.1, -0.05) is 36.4 Å². The third kappa shape index (κ3) is 5.66. The van der Waals surface area contributed by atoms with Crippen LogP contribution >= 0.6 is 29.9 Å². The van der Waals surface area contributed by atoms with E-state index in [0.717, 1.165) is 22.7 Å². The monoisotopic (exact) mass is 570 g/mol. The molecule has 0 radical (unpaired) electrons. The van der Waals surface area contributed by atoms with Gasteiger partial charge in [0.25, 0.3) is 5.91 Å². The molecule has 0 aliphatic rings. The Morgan fingerprint density at radius 1 is 0.788 bits per heavy atom. The molecule has 4 aromatic rings. The SMILES string of the molecule is O=C(NCCCC[P+](c1ccccc1)(c1ccccc1)c1cccnc1)c1ccc([131I])nc1. The van der Waals surface area contributed by atoms with Crippen molar-refractivity contribution in [1.29, 1.82) is 0 Å². The first kappa shape index (κ1) is 23.5. The van der Waals surface area contributed by atoms with Crippen LogP contribution < -0.4 is 21.2 Å². The summed E-state index contributed by atoms with van der Waals surface area (Å²) in [7, 11) is -1.87. The van der Waals surface area contributed by atoms with E-state index in [0.29, 0.717) is 12.1 Å². The zero-order valence-electron chi connectivity index (χ0n) is 18.3. The number of carbonyl (C=O) groups is 1. The van der Waals surface area contributed by atoms with Gasteiger partial charge >= 0.3 is 0 Å². The molecule has 2 aromatic heterocycles. The molecule has 166 valence electrons. The molecule has 0 saturated carbocycles. The number of unbranched alkanes of at least 4 members (excludes halogenated alkanes) is 1. The zero-order chi connectivity index (χ0) is 22.9. The van der Waals surface area contributed by atoms with Gasteiger partial charge in [0.05, 0.1) is 17.9 Å². The van der Waals surface area contributed by atoms with Crippen LogP contribution in [0.25, 0.3) is 0 Å². The number of hydrogen-bond acceptors (Lipinski definition) is 3. The summed E-state index contributed by atoms with van der Waals surface area (Å²) in [4.78, 5) is 21.1. The van der Waals surface area contributed by atoms with E-state index in [1.165, 1.54) is 15.9 Å². The molecule has 4 rings (SSSR count). The summed E-state index contributed by atoms with van der Waals surface area (Å²) < 4.78 is 0.877. The van der Waals surface area contributed by atoms with Crippen molar-refractivity contribution in [3.05, 3.63) is 113 Å². The van der Waals surface area contributed by atoms with E-state index in [4.69, 9.17) is 0 Å². The number of benzene rings is 2. The number of carbonyl (C=O) groups excluding carboxylic acids is 1. The van der Waals surface area contributed by atoms with Gasteiger partial charge in [-0.25, -0.2) is 4.98 Å². The number of halogens is 1. The minimum Gasteiger partial charge on any atom is -0.352 e. The maximum Gasteiger partial charge on any atom is 0.252 e.